The third kappa shape index (κ3) is 3.53. The van der Waals surface area contributed by atoms with Gasteiger partial charge in [0.25, 0.3) is 5.56 Å². The Morgan fingerprint density at radius 1 is 1.12 bits per heavy atom. The monoisotopic (exact) mass is 442 g/mol. The Morgan fingerprint density at radius 2 is 1.85 bits per heavy atom. The highest BCUT2D eigenvalue weighted by molar-refractivity contribution is 5.99. The van der Waals surface area contributed by atoms with Crippen LogP contribution in [0.1, 0.15) is 31.8 Å². The summed E-state index contributed by atoms with van der Waals surface area (Å²) in [6.45, 7) is 1.65. The summed E-state index contributed by atoms with van der Waals surface area (Å²) in [4.78, 5) is 42.0. The van der Waals surface area contributed by atoms with E-state index < -0.39 is 11.9 Å². The van der Waals surface area contributed by atoms with Crippen LogP contribution in [0.15, 0.2) is 47.3 Å². The fourth-order valence-electron chi connectivity index (χ4n) is 3.63. The molecular weight excluding hydrogens is 424 g/mol. The first kappa shape index (κ1) is 21.5. The maximum Gasteiger partial charge on any atom is 0.339 e. The number of carbonyl (C=O) groups excluding carboxylic acids is 2. The molecule has 0 bridgehead atoms. The van der Waals surface area contributed by atoms with Gasteiger partial charge in [-0.15, -0.1) is 0 Å². The zero-order valence-electron chi connectivity index (χ0n) is 18.0. The molecule has 4 rings (SSSR count). The van der Waals surface area contributed by atoms with Crippen LogP contribution in [0, 0.1) is 18.3 Å². The summed E-state index contributed by atoms with van der Waals surface area (Å²) < 4.78 is 10.9. The molecule has 33 heavy (non-hydrogen) atoms. The number of benzene rings is 2. The zero-order chi connectivity index (χ0) is 23.7. The SMILES string of the molecule is COC(=O)c1ccc(C(=O)OC)c(N/C=c2/c(C)c(C#N)c3nc4ccccc4n3c2=O)c1. The van der Waals surface area contributed by atoms with Crippen LogP contribution in [-0.4, -0.2) is 35.5 Å². The first-order chi connectivity index (χ1) is 15.9. The molecule has 9 nitrogen and oxygen atoms in total. The normalized spacial score (nSPS) is 11.4. The van der Waals surface area contributed by atoms with E-state index in [1.807, 2.05) is 0 Å². The molecule has 2 aromatic heterocycles. The number of carbonyl (C=O) groups is 2. The molecule has 0 spiro atoms. The second-order valence-corrected chi connectivity index (χ2v) is 7.12. The van der Waals surface area contributed by atoms with Crippen LogP contribution >= 0.6 is 0 Å². The van der Waals surface area contributed by atoms with E-state index in [0.29, 0.717) is 16.6 Å². The van der Waals surface area contributed by atoms with Gasteiger partial charge in [0.15, 0.2) is 5.65 Å². The van der Waals surface area contributed by atoms with E-state index in [9.17, 15) is 19.6 Å². The van der Waals surface area contributed by atoms with E-state index in [0.717, 1.165) is 0 Å². The molecule has 164 valence electrons. The highest BCUT2D eigenvalue weighted by Gasteiger charge is 2.18. The number of fused-ring (bicyclic) bond motifs is 3. The molecule has 0 aliphatic carbocycles. The predicted octanol–water partition coefficient (Wildman–Crippen LogP) is 2.17. The van der Waals surface area contributed by atoms with Crippen LogP contribution in [0.4, 0.5) is 5.69 Å². The van der Waals surface area contributed by atoms with Crippen molar-refractivity contribution in [2.75, 3.05) is 19.5 Å². The number of nitrogens with one attached hydrogen (secondary N) is 1. The van der Waals surface area contributed by atoms with Crippen molar-refractivity contribution >= 4 is 40.5 Å². The van der Waals surface area contributed by atoms with Gasteiger partial charge in [-0.1, -0.05) is 12.1 Å². The Balaban J connectivity index is 1.96. The van der Waals surface area contributed by atoms with E-state index in [2.05, 4.69) is 16.4 Å². The van der Waals surface area contributed by atoms with Crippen molar-refractivity contribution in [1.29, 1.82) is 5.26 Å². The van der Waals surface area contributed by atoms with Gasteiger partial charge < -0.3 is 14.8 Å². The molecule has 2 aromatic carbocycles. The van der Waals surface area contributed by atoms with Gasteiger partial charge in [0.2, 0.25) is 0 Å². The third-order valence-corrected chi connectivity index (χ3v) is 5.33. The second-order valence-electron chi connectivity index (χ2n) is 7.12. The van der Waals surface area contributed by atoms with Crippen molar-refractivity contribution in [3.05, 3.63) is 80.3 Å². The summed E-state index contributed by atoms with van der Waals surface area (Å²) in [6, 6.07) is 13.5. The minimum Gasteiger partial charge on any atom is -0.465 e. The second kappa shape index (κ2) is 8.43. The molecular formula is C24H18N4O5. The molecule has 0 aliphatic heterocycles. The standard InChI is InChI=1S/C24H18N4O5/c1-13-16(11-25)21-27-18-6-4-5-7-20(18)28(21)22(29)17(13)12-26-19-10-14(23(30)32-2)8-9-15(19)24(31)33-3/h4-10,12,26H,1-3H3/b17-12-. The number of nitrogens with zero attached hydrogens (tertiary/aromatic N) is 3. The largest absolute Gasteiger partial charge is 0.465 e. The summed E-state index contributed by atoms with van der Waals surface area (Å²) in [5, 5.41) is 12.9. The molecule has 9 heteroatoms. The van der Waals surface area contributed by atoms with Gasteiger partial charge >= 0.3 is 11.9 Å². The lowest BCUT2D eigenvalue weighted by atomic mass is 10.1. The molecule has 0 aliphatic rings. The Hall–Kier alpha value is -4.71. The number of pyridine rings is 1. The van der Waals surface area contributed by atoms with Crippen molar-refractivity contribution < 1.29 is 19.1 Å². The number of hydrogen-bond donors (Lipinski definition) is 1. The number of anilines is 1. The number of ether oxygens (including phenoxy) is 2. The minimum atomic E-state index is -0.629. The fraction of sp³-hybridized carbons (Fsp3) is 0.125. The fourth-order valence-corrected chi connectivity index (χ4v) is 3.63. The number of methoxy groups -OCH3 is 2. The average Bonchev–Trinajstić information content (AvgIpc) is 3.22. The highest BCUT2D eigenvalue weighted by atomic mass is 16.5. The van der Waals surface area contributed by atoms with E-state index >= 15 is 0 Å². The number of aromatic nitrogens is 2. The van der Waals surface area contributed by atoms with Crippen LogP contribution in [0.3, 0.4) is 0 Å². The van der Waals surface area contributed by atoms with Crippen LogP contribution in [0.5, 0.6) is 0 Å². The number of rotatable bonds is 4. The lowest BCUT2D eigenvalue weighted by Crippen LogP contribution is -2.35. The van der Waals surface area contributed by atoms with Crippen molar-refractivity contribution in [1.82, 2.24) is 9.38 Å². The van der Waals surface area contributed by atoms with Crippen molar-refractivity contribution in [3.8, 4) is 6.07 Å². The summed E-state index contributed by atoms with van der Waals surface area (Å²) in [5.74, 6) is -1.22. The maximum absolute atomic E-state index is 13.4. The van der Waals surface area contributed by atoms with Crippen molar-refractivity contribution in [2.24, 2.45) is 0 Å². The number of para-hydroxylation sites is 2. The van der Waals surface area contributed by atoms with Crippen molar-refractivity contribution in [3.63, 3.8) is 0 Å². The van der Waals surface area contributed by atoms with E-state index in [1.54, 1.807) is 31.2 Å². The topological polar surface area (TPSA) is 123 Å². The summed E-state index contributed by atoms with van der Waals surface area (Å²) in [5.41, 5.74) is 2.35. The number of imidazole rings is 1. The lowest BCUT2D eigenvalue weighted by Gasteiger charge is -2.10. The molecule has 1 N–H and O–H groups in total. The number of nitriles is 1. The third-order valence-electron chi connectivity index (χ3n) is 5.33. The van der Waals surface area contributed by atoms with Gasteiger partial charge in [-0.25, -0.2) is 14.6 Å². The van der Waals surface area contributed by atoms with Crippen LogP contribution < -0.4 is 16.1 Å². The molecule has 0 fully saturated rings. The molecule has 0 radical (unpaired) electrons. The number of hydrogen-bond acceptors (Lipinski definition) is 8. The Labute approximate surface area is 187 Å². The summed E-state index contributed by atoms with van der Waals surface area (Å²) >= 11 is 0. The van der Waals surface area contributed by atoms with Gasteiger partial charge in [0.05, 0.1) is 52.8 Å². The highest BCUT2D eigenvalue weighted by Crippen LogP contribution is 2.21. The van der Waals surface area contributed by atoms with Gasteiger partial charge in [-0.2, -0.15) is 5.26 Å². The smallest absolute Gasteiger partial charge is 0.339 e. The Bertz CT molecular complexity index is 1600. The quantitative estimate of drug-likeness (QED) is 0.477. The molecule has 0 atom stereocenters. The Kier molecular flexibility index (Phi) is 5.50. The first-order valence-corrected chi connectivity index (χ1v) is 9.82. The Morgan fingerprint density at radius 3 is 2.55 bits per heavy atom. The van der Waals surface area contributed by atoms with E-state index in [-0.39, 0.29) is 38.8 Å². The summed E-state index contributed by atoms with van der Waals surface area (Å²) in [6.07, 6.45) is 1.40. The minimum absolute atomic E-state index is 0.154. The van der Waals surface area contributed by atoms with Crippen LogP contribution in [-0.2, 0) is 9.47 Å². The van der Waals surface area contributed by atoms with E-state index in [1.165, 1.54) is 43.0 Å². The zero-order valence-corrected chi connectivity index (χ0v) is 18.0. The molecule has 0 amide bonds. The molecule has 2 heterocycles. The maximum atomic E-state index is 13.4. The predicted molar refractivity (Wildman–Crippen MR) is 121 cm³/mol. The molecule has 4 aromatic rings. The molecule has 0 unspecified atom stereocenters. The van der Waals surface area contributed by atoms with Gasteiger partial charge in [-0.3, -0.25) is 9.20 Å². The van der Waals surface area contributed by atoms with Gasteiger partial charge in [0.1, 0.15) is 6.07 Å². The summed E-state index contributed by atoms with van der Waals surface area (Å²) in [7, 11) is 2.48. The van der Waals surface area contributed by atoms with Crippen molar-refractivity contribution in [2.45, 2.75) is 6.92 Å². The molecule has 0 saturated carbocycles. The van der Waals surface area contributed by atoms with E-state index in [4.69, 9.17) is 9.47 Å². The van der Waals surface area contributed by atoms with Crippen LogP contribution in [0.25, 0.3) is 22.9 Å². The average molecular weight is 442 g/mol. The lowest BCUT2D eigenvalue weighted by molar-refractivity contribution is 0.0587. The number of esters is 2. The van der Waals surface area contributed by atoms with Gasteiger partial charge in [-0.05, 0) is 42.8 Å². The van der Waals surface area contributed by atoms with Gasteiger partial charge in [0, 0.05) is 6.20 Å². The molecule has 0 saturated heterocycles. The van der Waals surface area contributed by atoms with Crippen LogP contribution in [0.2, 0.25) is 0 Å². The first-order valence-electron chi connectivity index (χ1n) is 9.82.